The van der Waals surface area contributed by atoms with Crippen LogP contribution < -0.4 is 0 Å². The van der Waals surface area contributed by atoms with E-state index in [1.54, 1.807) is 0 Å². The van der Waals surface area contributed by atoms with Gasteiger partial charge in [-0.25, -0.2) is 0 Å². The Labute approximate surface area is 123 Å². The van der Waals surface area contributed by atoms with Crippen LogP contribution in [0.5, 0.6) is 0 Å². The normalized spacial score (nSPS) is 42.8. The number of rotatable bonds is 4. The summed E-state index contributed by atoms with van der Waals surface area (Å²) in [6.07, 6.45) is 8.53. The summed E-state index contributed by atoms with van der Waals surface area (Å²) in [5, 5.41) is 0. The van der Waals surface area contributed by atoms with Crippen molar-refractivity contribution in [3.05, 3.63) is 0 Å². The van der Waals surface area contributed by atoms with Gasteiger partial charge in [0.05, 0.1) is 5.41 Å². The summed E-state index contributed by atoms with van der Waals surface area (Å²) in [5.41, 5.74) is -0.460. The van der Waals surface area contributed by atoms with Crippen molar-refractivity contribution in [1.82, 2.24) is 0 Å². The van der Waals surface area contributed by atoms with Gasteiger partial charge >= 0.3 is 5.97 Å². The molecule has 0 N–H and O–H groups in total. The minimum atomic E-state index is -0.334. The third-order valence-electron chi connectivity index (χ3n) is 6.92. The summed E-state index contributed by atoms with van der Waals surface area (Å²) in [6, 6.07) is 0. The predicted molar refractivity (Wildman–Crippen MR) is 80.2 cm³/mol. The van der Waals surface area contributed by atoms with Crippen LogP contribution in [0.1, 0.15) is 72.6 Å². The summed E-state index contributed by atoms with van der Waals surface area (Å²) < 4.78 is 6.21. The Bertz CT molecular complexity index is 400. The molecule has 0 amide bonds. The van der Waals surface area contributed by atoms with E-state index in [0.29, 0.717) is 5.92 Å². The fraction of sp³-hybridized carbons (Fsp3) is 0.944. The van der Waals surface area contributed by atoms with E-state index in [2.05, 4.69) is 13.8 Å². The van der Waals surface area contributed by atoms with E-state index in [1.165, 1.54) is 25.7 Å². The third kappa shape index (κ3) is 1.94. The van der Waals surface area contributed by atoms with Gasteiger partial charge in [-0.3, -0.25) is 4.79 Å². The monoisotopic (exact) mass is 278 g/mol. The number of carbonyl (C=O) groups excluding carboxylic acids is 1. The summed E-state index contributed by atoms with van der Waals surface area (Å²) in [7, 11) is 0. The molecular formula is C18H30O2. The molecule has 2 nitrogen and oxygen atoms in total. The van der Waals surface area contributed by atoms with Crippen LogP contribution in [-0.4, -0.2) is 11.6 Å². The minimum absolute atomic E-state index is 0.0314. The van der Waals surface area contributed by atoms with E-state index in [4.69, 9.17) is 4.74 Å². The molecular weight excluding hydrogens is 248 g/mol. The average Bonchev–Trinajstić information content (AvgIpc) is 3.09. The molecule has 2 bridgehead atoms. The number of hydrogen-bond acceptors (Lipinski definition) is 2. The highest BCUT2D eigenvalue weighted by atomic mass is 16.6. The first-order chi connectivity index (χ1) is 9.43. The summed E-state index contributed by atoms with van der Waals surface area (Å²) >= 11 is 0. The van der Waals surface area contributed by atoms with Crippen LogP contribution in [0.25, 0.3) is 0 Å². The molecule has 0 aromatic carbocycles. The van der Waals surface area contributed by atoms with Crippen LogP contribution >= 0.6 is 0 Å². The zero-order valence-corrected chi connectivity index (χ0v) is 13.6. The molecule has 20 heavy (non-hydrogen) atoms. The van der Waals surface area contributed by atoms with Crippen LogP contribution in [-0.2, 0) is 9.53 Å². The number of carbonyl (C=O) groups is 1. The summed E-state index contributed by atoms with van der Waals surface area (Å²) in [4.78, 5) is 12.6. The van der Waals surface area contributed by atoms with E-state index in [0.717, 1.165) is 37.0 Å². The Hall–Kier alpha value is -0.530. The molecule has 3 aliphatic rings. The van der Waals surface area contributed by atoms with Gasteiger partial charge < -0.3 is 4.74 Å². The topological polar surface area (TPSA) is 26.3 Å². The highest BCUT2D eigenvalue weighted by molar-refractivity contribution is 5.76. The van der Waals surface area contributed by atoms with Gasteiger partial charge in [0, 0.05) is 5.92 Å². The Morgan fingerprint density at radius 2 is 1.95 bits per heavy atom. The molecule has 2 heteroatoms. The molecule has 3 fully saturated rings. The van der Waals surface area contributed by atoms with Crippen LogP contribution in [0.3, 0.4) is 0 Å². The lowest BCUT2D eigenvalue weighted by Crippen LogP contribution is -2.47. The first kappa shape index (κ1) is 14.4. The van der Waals surface area contributed by atoms with Crippen molar-refractivity contribution in [2.75, 3.05) is 0 Å². The Morgan fingerprint density at radius 1 is 1.25 bits per heavy atom. The molecule has 0 aromatic heterocycles. The van der Waals surface area contributed by atoms with Crippen LogP contribution in [0.4, 0.5) is 0 Å². The van der Waals surface area contributed by atoms with Gasteiger partial charge in [0.1, 0.15) is 5.60 Å². The van der Waals surface area contributed by atoms with Gasteiger partial charge in [0.2, 0.25) is 0 Å². The minimum Gasteiger partial charge on any atom is -0.458 e. The Kier molecular flexibility index (Phi) is 3.42. The molecule has 0 heterocycles. The third-order valence-corrected chi connectivity index (χ3v) is 6.92. The smallest absolute Gasteiger partial charge is 0.312 e. The maximum Gasteiger partial charge on any atom is 0.312 e. The van der Waals surface area contributed by atoms with Crippen molar-refractivity contribution in [2.24, 2.45) is 29.1 Å². The fourth-order valence-corrected chi connectivity index (χ4v) is 5.28. The summed E-state index contributed by atoms with van der Waals surface area (Å²) in [6.45, 7) is 8.33. The first-order valence-electron chi connectivity index (χ1n) is 8.67. The van der Waals surface area contributed by atoms with Crippen molar-refractivity contribution in [2.45, 2.75) is 78.2 Å². The van der Waals surface area contributed by atoms with Crippen molar-refractivity contribution in [3.8, 4) is 0 Å². The lowest BCUT2D eigenvalue weighted by atomic mass is 9.71. The van der Waals surface area contributed by atoms with Crippen molar-refractivity contribution >= 4 is 5.97 Å². The lowest BCUT2D eigenvalue weighted by molar-refractivity contribution is -0.181. The number of esters is 1. The maximum atomic E-state index is 12.6. The largest absolute Gasteiger partial charge is 0.458 e. The predicted octanol–water partition coefficient (Wildman–Crippen LogP) is 4.57. The molecule has 0 aliphatic heterocycles. The number of fused-ring (bicyclic) bond motifs is 5. The standard InChI is InChI=1S/C18H30O2/c1-5-17(3,4)16(19)20-18(6-2)11-12-10-15(18)14-9-7-8-13(12)14/h12-15H,5-11H2,1-4H3. The molecule has 0 aromatic rings. The highest BCUT2D eigenvalue weighted by Crippen LogP contribution is 2.64. The quantitative estimate of drug-likeness (QED) is 0.704. The average molecular weight is 278 g/mol. The van der Waals surface area contributed by atoms with Crippen molar-refractivity contribution in [3.63, 3.8) is 0 Å². The Morgan fingerprint density at radius 3 is 2.60 bits per heavy atom. The number of hydrogen-bond donors (Lipinski definition) is 0. The lowest BCUT2D eigenvalue weighted by Gasteiger charge is -2.43. The highest BCUT2D eigenvalue weighted by Gasteiger charge is 2.62. The SMILES string of the molecule is CCC(C)(C)C(=O)OC1(CC)CC2CC1C1CCCC21. The second-order valence-corrected chi connectivity index (χ2v) is 8.11. The first-order valence-corrected chi connectivity index (χ1v) is 8.67. The van der Waals surface area contributed by atoms with Crippen LogP contribution in [0.15, 0.2) is 0 Å². The van der Waals surface area contributed by atoms with E-state index < -0.39 is 0 Å². The van der Waals surface area contributed by atoms with Crippen LogP contribution in [0.2, 0.25) is 0 Å². The summed E-state index contributed by atoms with van der Waals surface area (Å²) in [5.74, 6) is 3.33. The second kappa shape index (κ2) is 4.74. The van der Waals surface area contributed by atoms with Crippen LogP contribution in [0, 0.1) is 29.1 Å². The molecule has 114 valence electrons. The molecule has 0 spiro atoms. The van der Waals surface area contributed by atoms with E-state index in [-0.39, 0.29) is 17.0 Å². The molecule has 0 saturated heterocycles. The van der Waals surface area contributed by atoms with Gasteiger partial charge in [-0.1, -0.05) is 20.3 Å². The van der Waals surface area contributed by atoms with Gasteiger partial charge in [-0.15, -0.1) is 0 Å². The van der Waals surface area contributed by atoms with Gasteiger partial charge in [-0.2, -0.15) is 0 Å². The Balaban J connectivity index is 1.79. The van der Waals surface area contributed by atoms with E-state index >= 15 is 0 Å². The zero-order chi connectivity index (χ0) is 14.5. The molecule has 0 radical (unpaired) electrons. The molecule has 3 aliphatic carbocycles. The maximum absolute atomic E-state index is 12.6. The molecule has 5 unspecified atom stereocenters. The van der Waals surface area contributed by atoms with Gasteiger partial charge in [0.25, 0.3) is 0 Å². The zero-order valence-electron chi connectivity index (χ0n) is 13.6. The molecule has 3 saturated carbocycles. The van der Waals surface area contributed by atoms with E-state index in [9.17, 15) is 4.79 Å². The molecule has 3 rings (SSSR count). The fourth-order valence-electron chi connectivity index (χ4n) is 5.28. The van der Waals surface area contributed by atoms with Gasteiger partial charge in [0.15, 0.2) is 0 Å². The molecule has 5 atom stereocenters. The second-order valence-electron chi connectivity index (χ2n) is 8.11. The van der Waals surface area contributed by atoms with Crippen molar-refractivity contribution < 1.29 is 9.53 Å². The number of ether oxygens (including phenoxy) is 1. The van der Waals surface area contributed by atoms with Gasteiger partial charge in [-0.05, 0) is 70.1 Å². The van der Waals surface area contributed by atoms with E-state index in [1.807, 2.05) is 13.8 Å². The van der Waals surface area contributed by atoms with Crippen molar-refractivity contribution in [1.29, 1.82) is 0 Å².